The lowest BCUT2D eigenvalue weighted by atomic mass is 10.2. The molecule has 146 valence electrons. The highest BCUT2D eigenvalue weighted by Gasteiger charge is 2.28. The van der Waals surface area contributed by atoms with E-state index >= 15 is 0 Å². The molecule has 7 nitrogen and oxygen atoms in total. The molecule has 0 aliphatic carbocycles. The number of fused-ring (bicyclic) bond motifs is 3. The van der Waals surface area contributed by atoms with Crippen molar-refractivity contribution >= 4 is 34.4 Å². The average Bonchev–Trinajstić information content (AvgIpc) is 3.31. The van der Waals surface area contributed by atoms with Crippen molar-refractivity contribution in [3.63, 3.8) is 0 Å². The molecule has 0 radical (unpaired) electrons. The number of halogens is 1. The molecule has 0 spiro atoms. The van der Waals surface area contributed by atoms with Gasteiger partial charge in [0.15, 0.2) is 11.2 Å². The summed E-state index contributed by atoms with van der Waals surface area (Å²) in [5.41, 5.74) is 1.79. The molecule has 0 saturated heterocycles. The van der Waals surface area contributed by atoms with Crippen LogP contribution in [0.3, 0.4) is 0 Å². The maximum Gasteiger partial charge on any atom is 0.332 e. The van der Waals surface area contributed by atoms with Gasteiger partial charge in [-0.05, 0) is 23.8 Å². The molecule has 0 atom stereocenters. The lowest BCUT2D eigenvalue weighted by molar-refractivity contribution is 0.652. The predicted octanol–water partition coefficient (Wildman–Crippen LogP) is 2.75. The molecule has 29 heavy (non-hydrogen) atoms. The van der Waals surface area contributed by atoms with E-state index in [0.717, 1.165) is 17.8 Å². The summed E-state index contributed by atoms with van der Waals surface area (Å²) >= 11 is 6.25. The van der Waals surface area contributed by atoms with Crippen molar-refractivity contribution in [1.29, 1.82) is 0 Å². The van der Waals surface area contributed by atoms with Crippen LogP contribution in [0.25, 0.3) is 11.2 Å². The standard InChI is InChI=1S/C21H18ClN5O2/c1-24-18-17(19(28)27(21(24)29)13-14-7-5-6-10-16(14)22)26-12-11-25(20(26)23-18)15-8-3-2-4-9-15/h2-10H,11-13H2,1H3. The second kappa shape index (κ2) is 6.63. The Hall–Kier alpha value is -3.32. The molecular formula is C21H18ClN5O2. The van der Waals surface area contributed by atoms with Gasteiger partial charge in [-0.15, -0.1) is 0 Å². The van der Waals surface area contributed by atoms with Gasteiger partial charge in [0.1, 0.15) is 0 Å². The van der Waals surface area contributed by atoms with Gasteiger partial charge >= 0.3 is 5.69 Å². The summed E-state index contributed by atoms with van der Waals surface area (Å²) in [6.45, 7) is 1.46. The highest BCUT2D eigenvalue weighted by Crippen LogP contribution is 2.31. The highest BCUT2D eigenvalue weighted by atomic mass is 35.5. The van der Waals surface area contributed by atoms with E-state index in [0.29, 0.717) is 28.7 Å². The van der Waals surface area contributed by atoms with Crippen LogP contribution >= 0.6 is 11.6 Å². The Morgan fingerprint density at radius 3 is 2.48 bits per heavy atom. The average molecular weight is 408 g/mol. The Morgan fingerprint density at radius 2 is 1.72 bits per heavy atom. The van der Waals surface area contributed by atoms with Crippen LogP contribution in [-0.4, -0.2) is 25.2 Å². The van der Waals surface area contributed by atoms with E-state index in [1.54, 1.807) is 13.1 Å². The molecule has 3 heterocycles. The molecule has 1 aliphatic heterocycles. The van der Waals surface area contributed by atoms with Crippen molar-refractivity contribution in [2.45, 2.75) is 13.1 Å². The zero-order valence-corrected chi connectivity index (χ0v) is 16.5. The van der Waals surface area contributed by atoms with E-state index in [1.165, 1.54) is 9.13 Å². The topological polar surface area (TPSA) is 65.1 Å². The van der Waals surface area contributed by atoms with Crippen molar-refractivity contribution in [2.75, 3.05) is 11.4 Å². The molecule has 4 aromatic rings. The van der Waals surface area contributed by atoms with Gasteiger partial charge in [-0.3, -0.25) is 13.9 Å². The quantitative estimate of drug-likeness (QED) is 0.524. The SMILES string of the molecule is Cn1c(=O)n(Cc2ccccc2Cl)c(=O)c2c1nc1n2CCN1c1ccccc1. The predicted molar refractivity (Wildman–Crippen MR) is 113 cm³/mol. The zero-order valence-electron chi connectivity index (χ0n) is 15.7. The first-order valence-corrected chi connectivity index (χ1v) is 9.70. The number of imidazole rings is 1. The first-order valence-electron chi connectivity index (χ1n) is 9.32. The summed E-state index contributed by atoms with van der Waals surface area (Å²) < 4.78 is 4.55. The minimum absolute atomic E-state index is 0.115. The minimum atomic E-state index is -0.412. The largest absolute Gasteiger partial charge is 0.332 e. The molecule has 8 heteroatoms. The number of rotatable bonds is 3. The molecular weight excluding hydrogens is 390 g/mol. The third kappa shape index (κ3) is 2.69. The summed E-state index contributed by atoms with van der Waals surface area (Å²) in [4.78, 5) is 32.9. The van der Waals surface area contributed by atoms with E-state index in [2.05, 4.69) is 9.88 Å². The fourth-order valence-electron chi connectivity index (χ4n) is 3.87. The fraction of sp³-hybridized carbons (Fsp3) is 0.190. The monoisotopic (exact) mass is 407 g/mol. The molecule has 0 bridgehead atoms. The summed E-state index contributed by atoms with van der Waals surface area (Å²) in [6.07, 6.45) is 0. The number of para-hydroxylation sites is 1. The van der Waals surface area contributed by atoms with Crippen LogP contribution in [0.15, 0.2) is 64.2 Å². The van der Waals surface area contributed by atoms with Crippen LogP contribution in [0.2, 0.25) is 5.02 Å². The van der Waals surface area contributed by atoms with Crippen molar-refractivity contribution in [3.8, 4) is 0 Å². The van der Waals surface area contributed by atoms with Gasteiger partial charge in [0.2, 0.25) is 5.95 Å². The second-order valence-electron chi connectivity index (χ2n) is 7.05. The van der Waals surface area contributed by atoms with Crippen molar-refractivity contribution in [1.82, 2.24) is 18.7 Å². The van der Waals surface area contributed by atoms with Crippen LogP contribution in [0.4, 0.5) is 11.6 Å². The summed E-state index contributed by atoms with van der Waals surface area (Å²) in [6, 6.07) is 17.1. The first-order chi connectivity index (χ1) is 14.1. The van der Waals surface area contributed by atoms with Crippen molar-refractivity contribution < 1.29 is 0 Å². The van der Waals surface area contributed by atoms with Crippen molar-refractivity contribution in [2.24, 2.45) is 7.05 Å². The van der Waals surface area contributed by atoms with Crippen LogP contribution in [0.1, 0.15) is 5.56 Å². The Bertz CT molecular complexity index is 1350. The molecule has 5 rings (SSSR count). The number of hydrogen-bond donors (Lipinski definition) is 0. The number of anilines is 2. The number of benzene rings is 2. The maximum absolute atomic E-state index is 13.3. The Kier molecular flexibility index (Phi) is 4.06. The lowest BCUT2D eigenvalue weighted by Crippen LogP contribution is -2.40. The van der Waals surface area contributed by atoms with Gasteiger partial charge < -0.3 is 9.47 Å². The number of aryl methyl sites for hydroxylation is 1. The number of aromatic nitrogens is 4. The van der Waals surface area contributed by atoms with Crippen LogP contribution in [0.5, 0.6) is 0 Å². The van der Waals surface area contributed by atoms with Gasteiger partial charge in [0, 0.05) is 30.8 Å². The summed E-state index contributed by atoms with van der Waals surface area (Å²) in [5, 5.41) is 0.523. The van der Waals surface area contributed by atoms with E-state index < -0.39 is 5.69 Å². The smallest absolute Gasteiger partial charge is 0.310 e. The molecule has 0 fully saturated rings. The minimum Gasteiger partial charge on any atom is -0.310 e. The molecule has 2 aromatic carbocycles. The zero-order chi connectivity index (χ0) is 20.1. The van der Waals surface area contributed by atoms with Gasteiger partial charge in [-0.25, -0.2) is 4.79 Å². The van der Waals surface area contributed by atoms with Gasteiger partial charge in [-0.1, -0.05) is 48.0 Å². The van der Waals surface area contributed by atoms with Gasteiger partial charge in [0.05, 0.1) is 6.54 Å². The van der Waals surface area contributed by atoms with Gasteiger partial charge in [0.25, 0.3) is 5.56 Å². The number of hydrogen-bond acceptors (Lipinski definition) is 4. The third-order valence-electron chi connectivity index (χ3n) is 5.36. The molecule has 1 aliphatic rings. The van der Waals surface area contributed by atoms with Crippen LogP contribution < -0.4 is 16.1 Å². The van der Waals surface area contributed by atoms with Crippen molar-refractivity contribution in [3.05, 3.63) is 86.0 Å². The molecule has 2 aromatic heterocycles. The first kappa shape index (κ1) is 17.8. The van der Waals surface area contributed by atoms with Crippen LogP contribution in [0, 0.1) is 0 Å². The number of nitrogens with zero attached hydrogens (tertiary/aromatic N) is 5. The van der Waals surface area contributed by atoms with E-state index in [9.17, 15) is 9.59 Å². The van der Waals surface area contributed by atoms with E-state index in [4.69, 9.17) is 11.6 Å². The second-order valence-corrected chi connectivity index (χ2v) is 7.45. The summed E-state index contributed by atoms with van der Waals surface area (Å²) in [5.74, 6) is 0.675. The van der Waals surface area contributed by atoms with E-state index in [1.807, 2.05) is 53.1 Å². The normalized spacial score (nSPS) is 13.2. The molecule has 0 saturated carbocycles. The fourth-order valence-corrected chi connectivity index (χ4v) is 4.06. The Labute approximate surface area is 171 Å². The van der Waals surface area contributed by atoms with Gasteiger partial charge in [-0.2, -0.15) is 4.98 Å². The molecule has 0 amide bonds. The third-order valence-corrected chi connectivity index (χ3v) is 5.72. The maximum atomic E-state index is 13.3. The van der Waals surface area contributed by atoms with E-state index in [-0.39, 0.29) is 12.1 Å². The lowest BCUT2D eigenvalue weighted by Gasteiger charge is -2.15. The molecule has 0 unspecified atom stereocenters. The Balaban J connectivity index is 1.71. The highest BCUT2D eigenvalue weighted by molar-refractivity contribution is 6.31. The molecule has 0 N–H and O–H groups in total. The van der Waals surface area contributed by atoms with Crippen LogP contribution in [-0.2, 0) is 20.1 Å². The summed E-state index contributed by atoms with van der Waals surface area (Å²) in [7, 11) is 1.64. The Morgan fingerprint density at radius 1 is 1.00 bits per heavy atom.